The van der Waals surface area contributed by atoms with E-state index in [0.717, 1.165) is 11.1 Å². The van der Waals surface area contributed by atoms with Crippen LogP contribution >= 0.6 is 11.6 Å². The predicted octanol–water partition coefficient (Wildman–Crippen LogP) is 1.80. The van der Waals surface area contributed by atoms with Crippen LogP contribution in [0.3, 0.4) is 0 Å². The summed E-state index contributed by atoms with van der Waals surface area (Å²) < 4.78 is 0. The first-order valence-electron chi connectivity index (χ1n) is 4.88. The van der Waals surface area contributed by atoms with Crippen molar-refractivity contribution >= 4 is 11.6 Å². The van der Waals surface area contributed by atoms with Crippen molar-refractivity contribution in [2.24, 2.45) is 0 Å². The molecular weight excluding hydrogens is 224 g/mol. The SMILES string of the molecule is OCC#C/C=C(/CO)Cc1cccc(Cl)c1. The van der Waals surface area contributed by atoms with Gasteiger partial charge in [0.1, 0.15) is 6.61 Å². The minimum absolute atomic E-state index is 0.0490. The van der Waals surface area contributed by atoms with Crippen LogP contribution in [-0.4, -0.2) is 23.4 Å². The maximum Gasteiger partial charge on any atom is 0.104 e. The third kappa shape index (κ3) is 4.50. The van der Waals surface area contributed by atoms with Gasteiger partial charge in [-0.05, 0) is 35.8 Å². The van der Waals surface area contributed by atoms with Crippen LogP contribution in [0.2, 0.25) is 5.02 Å². The molecule has 0 saturated heterocycles. The summed E-state index contributed by atoms with van der Waals surface area (Å²) in [6, 6.07) is 7.46. The quantitative estimate of drug-likeness (QED) is 0.786. The first kappa shape index (κ1) is 12.8. The summed E-state index contributed by atoms with van der Waals surface area (Å²) >= 11 is 5.86. The highest BCUT2D eigenvalue weighted by Gasteiger charge is 1.98. The molecule has 0 radical (unpaired) electrons. The van der Waals surface area contributed by atoms with E-state index in [-0.39, 0.29) is 13.2 Å². The first-order valence-corrected chi connectivity index (χ1v) is 5.26. The Morgan fingerprint density at radius 3 is 2.81 bits per heavy atom. The fraction of sp³-hybridized carbons (Fsp3) is 0.231. The Balaban J connectivity index is 2.74. The molecule has 0 aliphatic carbocycles. The average Bonchev–Trinajstić information content (AvgIpc) is 2.28. The lowest BCUT2D eigenvalue weighted by Crippen LogP contribution is -1.95. The summed E-state index contributed by atoms with van der Waals surface area (Å²) in [5.74, 6) is 5.17. The zero-order chi connectivity index (χ0) is 11.8. The van der Waals surface area contributed by atoms with Gasteiger partial charge in [-0.15, -0.1) is 0 Å². The fourth-order valence-corrected chi connectivity index (χ4v) is 1.47. The van der Waals surface area contributed by atoms with Crippen LogP contribution in [0, 0.1) is 11.8 Å². The number of halogens is 1. The summed E-state index contributed by atoms with van der Waals surface area (Å²) in [6.07, 6.45) is 2.23. The van der Waals surface area contributed by atoms with Crippen LogP contribution in [0.15, 0.2) is 35.9 Å². The number of allylic oxidation sites excluding steroid dienone is 1. The van der Waals surface area contributed by atoms with Crippen LogP contribution in [0.5, 0.6) is 0 Å². The van der Waals surface area contributed by atoms with Gasteiger partial charge in [-0.3, -0.25) is 0 Å². The molecule has 0 atom stereocenters. The fourth-order valence-electron chi connectivity index (χ4n) is 1.26. The highest BCUT2D eigenvalue weighted by Crippen LogP contribution is 2.13. The molecule has 2 nitrogen and oxygen atoms in total. The Labute approximate surface area is 100 Å². The molecule has 0 aliphatic heterocycles. The van der Waals surface area contributed by atoms with E-state index in [1.54, 1.807) is 12.1 Å². The van der Waals surface area contributed by atoms with Crippen LogP contribution in [0.25, 0.3) is 0 Å². The number of benzene rings is 1. The summed E-state index contributed by atoms with van der Waals surface area (Å²) in [5.41, 5.74) is 1.82. The summed E-state index contributed by atoms with van der Waals surface area (Å²) in [6.45, 7) is -0.223. The van der Waals surface area contributed by atoms with Gasteiger partial charge < -0.3 is 10.2 Å². The van der Waals surface area contributed by atoms with Crippen molar-refractivity contribution in [3.05, 3.63) is 46.5 Å². The van der Waals surface area contributed by atoms with Gasteiger partial charge in [0.25, 0.3) is 0 Å². The number of hydrogen-bond donors (Lipinski definition) is 2. The molecule has 0 heterocycles. The second kappa shape index (κ2) is 7.08. The minimum Gasteiger partial charge on any atom is -0.392 e. The zero-order valence-corrected chi connectivity index (χ0v) is 9.54. The van der Waals surface area contributed by atoms with Gasteiger partial charge in [-0.25, -0.2) is 0 Å². The van der Waals surface area contributed by atoms with Gasteiger partial charge in [0.05, 0.1) is 6.61 Å². The average molecular weight is 237 g/mol. The van der Waals surface area contributed by atoms with Crippen molar-refractivity contribution in [1.82, 2.24) is 0 Å². The number of rotatable bonds is 3. The smallest absolute Gasteiger partial charge is 0.104 e. The van der Waals surface area contributed by atoms with E-state index in [1.165, 1.54) is 0 Å². The van der Waals surface area contributed by atoms with Crippen molar-refractivity contribution in [3.63, 3.8) is 0 Å². The monoisotopic (exact) mass is 236 g/mol. The number of hydrogen-bond acceptors (Lipinski definition) is 2. The molecule has 0 fully saturated rings. The maximum absolute atomic E-state index is 9.12. The molecule has 0 aliphatic rings. The summed E-state index contributed by atoms with van der Waals surface area (Å²) in [5, 5.41) is 18.3. The third-order valence-corrected chi connectivity index (χ3v) is 2.22. The van der Waals surface area contributed by atoms with Gasteiger partial charge in [0.15, 0.2) is 0 Å². The Morgan fingerprint density at radius 2 is 2.19 bits per heavy atom. The van der Waals surface area contributed by atoms with Gasteiger partial charge in [-0.2, -0.15) is 0 Å². The van der Waals surface area contributed by atoms with Crippen LogP contribution in [-0.2, 0) is 6.42 Å². The van der Waals surface area contributed by atoms with Crippen molar-refractivity contribution in [3.8, 4) is 11.8 Å². The van der Waals surface area contributed by atoms with E-state index in [4.69, 9.17) is 21.8 Å². The molecule has 0 saturated carbocycles. The molecule has 2 N–H and O–H groups in total. The molecule has 0 aromatic heterocycles. The van der Waals surface area contributed by atoms with Gasteiger partial charge in [0, 0.05) is 5.02 Å². The molecular formula is C13H13ClO2. The Hall–Kier alpha value is -1.27. The molecule has 0 amide bonds. The van der Waals surface area contributed by atoms with Crippen molar-refractivity contribution in [1.29, 1.82) is 0 Å². The summed E-state index contributed by atoms with van der Waals surface area (Å²) in [7, 11) is 0. The second-order valence-electron chi connectivity index (χ2n) is 3.25. The first-order chi connectivity index (χ1) is 7.76. The van der Waals surface area contributed by atoms with Crippen molar-refractivity contribution < 1.29 is 10.2 Å². The van der Waals surface area contributed by atoms with E-state index >= 15 is 0 Å². The lowest BCUT2D eigenvalue weighted by molar-refractivity contribution is 0.328. The summed E-state index contributed by atoms with van der Waals surface area (Å²) in [4.78, 5) is 0. The van der Waals surface area contributed by atoms with E-state index in [0.29, 0.717) is 11.4 Å². The Bertz CT molecular complexity index is 427. The van der Waals surface area contributed by atoms with E-state index in [1.807, 2.05) is 18.2 Å². The normalized spacial score (nSPS) is 10.8. The highest BCUT2D eigenvalue weighted by atomic mass is 35.5. The molecule has 1 aromatic carbocycles. The Kier molecular flexibility index (Phi) is 5.66. The molecule has 1 rings (SSSR count). The molecule has 0 spiro atoms. The predicted molar refractivity (Wildman–Crippen MR) is 65.2 cm³/mol. The topological polar surface area (TPSA) is 40.5 Å². The largest absolute Gasteiger partial charge is 0.392 e. The van der Waals surface area contributed by atoms with Gasteiger partial charge in [0.2, 0.25) is 0 Å². The van der Waals surface area contributed by atoms with E-state index < -0.39 is 0 Å². The molecule has 1 aromatic rings. The standard InChI is InChI=1S/C13H13ClO2/c14-13-6-3-5-11(9-13)8-12(10-16)4-1-2-7-15/h3-6,9,15-16H,7-8,10H2/b12-4+. The molecule has 0 unspecified atom stereocenters. The molecule has 16 heavy (non-hydrogen) atoms. The van der Waals surface area contributed by atoms with Crippen LogP contribution in [0.1, 0.15) is 5.56 Å². The lowest BCUT2D eigenvalue weighted by Gasteiger charge is -2.03. The third-order valence-electron chi connectivity index (χ3n) is 1.98. The van der Waals surface area contributed by atoms with Crippen LogP contribution < -0.4 is 0 Å². The second-order valence-corrected chi connectivity index (χ2v) is 3.68. The molecule has 0 bridgehead atoms. The van der Waals surface area contributed by atoms with Gasteiger partial charge >= 0.3 is 0 Å². The highest BCUT2D eigenvalue weighted by molar-refractivity contribution is 6.30. The molecule has 3 heteroatoms. The van der Waals surface area contributed by atoms with Crippen LogP contribution in [0.4, 0.5) is 0 Å². The Morgan fingerprint density at radius 1 is 1.38 bits per heavy atom. The van der Waals surface area contributed by atoms with Crippen molar-refractivity contribution in [2.45, 2.75) is 6.42 Å². The number of aliphatic hydroxyl groups excluding tert-OH is 2. The lowest BCUT2D eigenvalue weighted by atomic mass is 10.1. The maximum atomic E-state index is 9.12. The van der Waals surface area contributed by atoms with E-state index in [2.05, 4.69) is 11.8 Å². The minimum atomic E-state index is -0.174. The van der Waals surface area contributed by atoms with E-state index in [9.17, 15) is 0 Å². The van der Waals surface area contributed by atoms with Crippen molar-refractivity contribution in [2.75, 3.05) is 13.2 Å². The zero-order valence-electron chi connectivity index (χ0n) is 8.78. The number of aliphatic hydroxyl groups is 2. The molecule has 84 valence electrons. The van der Waals surface area contributed by atoms with Gasteiger partial charge in [-0.1, -0.05) is 35.6 Å².